The maximum Gasteiger partial charge on any atom is 0.188 e. The molecule has 0 bridgehead atoms. The van der Waals surface area contributed by atoms with Crippen molar-refractivity contribution in [2.75, 3.05) is 27.8 Å². The SMILES string of the molecule is COCOc1cc2c(cc1O)[C@@H]1CC[C@]3(C)[C@H](CC[C@H]3OCOC)[C@H]1CC2. The van der Waals surface area contributed by atoms with E-state index >= 15 is 0 Å². The summed E-state index contributed by atoms with van der Waals surface area (Å²) in [7, 11) is 3.28. The number of rotatable bonds is 6. The number of hydrogen-bond donors (Lipinski definition) is 1. The molecule has 1 N–H and O–H groups in total. The average molecular weight is 376 g/mol. The van der Waals surface area contributed by atoms with Crippen LogP contribution in [-0.4, -0.2) is 39.0 Å². The number of phenolic OH excluding ortho intramolecular Hbond substituents is 1. The van der Waals surface area contributed by atoms with Gasteiger partial charge >= 0.3 is 0 Å². The minimum Gasteiger partial charge on any atom is -0.504 e. The van der Waals surface area contributed by atoms with Crippen LogP contribution in [0.1, 0.15) is 56.1 Å². The zero-order valence-electron chi connectivity index (χ0n) is 16.7. The Hall–Kier alpha value is -1.30. The Morgan fingerprint density at radius 2 is 1.89 bits per heavy atom. The van der Waals surface area contributed by atoms with E-state index in [1.165, 1.54) is 30.4 Å². The van der Waals surface area contributed by atoms with Gasteiger partial charge in [-0.25, -0.2) is 0 Å². The van der Waals surface area contributed by atoms with Crippen molar-refractivity contribution in [1.82, 2.24) is 0 Å². The first-order chi connectivity index (χ1) is 13.1. The highest BCUT2D eigenvalue weighted by Gasteiger charge is 2.55. The van der Waals surface area contributed by atoms with Crippen LogP contribution in [0.3, 0.4) is 0 Å². The third-order valence-corrected chi connectivity index (χ3v) is 7.44. The molecule has 0 heterocycles. The Balaban J connectivity index is 1.57. The molecule has 3 aliphatic carbocycles. The first-order valence-electron chi connectivity index (χ1n) is 10.2. The number of fused-ring (bicyclic) bond motifs is 5. The molecule has 0 amide bonds. The largest absolute Gasteiger partial charge is 0.504 e. The van der Waals surface area contributed by atoms with Crippen molar-refractivity contribution in [2.24, 2.45) is 17.3 Å². The highest BCUT2D eigenvalue weighted by molar-refractivity contribution is 5.49. The van der Waals surface area contributed by atoms with Gasteiger partial charge in [-0.05, 0) is 85.0 Å². The number of aryl methyl sites for hydroxylation is 1. The van der Waals surface area contributed by atoms with Crippen LogP contribution >= 0.6 is 0 Å². The second kappa shape index (κ2) is 7.61. The Morgan fingerprint density at radius 3 is 2.67 bits per heavy atom. The van der Waals surface area contributed by atoms with E-state index in [0.29, 0.717) is 36.4 Å². The van der Waals surface area contributed by atoms with Crippen molar-refractivity contribution in [1.29, 1.82) is 0 Å². The van der Waals surface area contributed by atoms with Gasteiger partial charge in [0.05, 0.1) is 6.10 Å². The quantitative estimate of drug-likeness (QED) is 0.754. The Morgan fingerprint density at radius 1 is 1.07 bits per heavy atom. The van der Waals surface area contributed by atoms with Crippen LogP contribution in [0.2, 0.25) is 0 Å². The van der Waals surface area contributed by atoms with E-state index in [1.807, 2.05) is 12.1 Å². The first kappa shape index (κ1) is 19.0. The van der Waals surface area contributed by atoms with E-state index in [0.717, 1.165) is 19.3 Å². The van der Waals surface area contributed by atoms with E-state index < -0.39 is 0 Å². The topological polar surface area (TPSA) is 57.2 Å². The molecule has 27 heavy (non-hydrogen) atoms. The number of methoxy groups -OCH3 is 2. The van der Waals surface area contributed by atoms with Crippen molar-refractivity contribution >= 4 is 0 Å². The van der Waals surface area contributed by atoms with E-state index in [2.05, 4.69) is 6.92 Å². The van der Waals surface area contributed by atoms with Gasteiger partial charge in [-0.15, -0.1) is 0 Å². The zero-order chi connectivity index (χ0) is 19.0. The summed E-state index contributed by atoms with van der Waals surface area (Å²) >= 11 is 0. The summed E-state index contributed by atoms with van der Waals surface area (Å²) < 4.78 is 21.7. The van der Waals surface area contributed by atoms with E-state index in [-0.39, 0.29) is 18.0 Å². The second-order valence-electron chi connectivity index (χ2n) is 8.67. The Kier molecular flexibility index (Phi) is 5.36. The number of phenols is 1. The fourth-order valence-electron chi connectivity index (χ4n) is 6.20. The van der Waals surface area contributed by atoms with Crippen LogP contribution < -0.4 is 4.74 Å². The third-order valence-electron chi connectivity index (χ3n) is 7.44. The number of ether oxygens (including phenoxy) is 4. The molecule has 0 saturated heterocycles. The van der Waals surface area contributed by atoms with Gasteiger partial charge in [-0.3, -0.25) is 0 Å². The highest BCUT2D eigenvalue weighted by Crippen LogP contribution is 2.61. The summed E-state index contributed by atoms with van der Waals surface area (Å²) in [5.74, 6) is 2.67. The van der Waals surface area contributed by atoms with E-state index in [4.69, 9.17) is 18.9 Å². The monoisotopic (exact) mass is 376 g/mol. The molecule has 1 aromatic carbocycles. The summed E-state index contributed by atoms with van der Waals surface area (Å²) in [4.78, 5) is 0. The van der Waals surface area contributed by atoms with Crippen LogP contribution in [0.25, 0.3) is 0 Å². The van der Waals surface area contributed by atoms with Crippen molar-refractivity contribution in [3.05, 3.63) is 23.3 Å². The molecule has 0 radical (unpaired) electrons. The fourth-order valence-corrected chi connectivity index (χ4v) is 6.20. The molecule has 5 nitrogen and oxygen atoms in total. The molecule has 2 fully saturated rings. The van der Waals surface area contributed by atoms with Crippen molar-refractivity contribution in [3.63, 3.8) is 0 Å². The molecule has 0 unspecified atom stereocenters. The van der Waals surface area contributed by atoms with Crippen molar-refractivity contribution < 1.29 is 24.1 Å². The van der Waals surface area contributed by atoms with Crippen LogP contribution in [0.5, 0.6) is 11.5 Å². The van der Waals surface area contributed by atoms with Gasteiger partial charge in [0, 0.05) is 14.2 Å². The summed E-state index contributed by atoms with van der Waals surface area (Å²) in [6, 6.07) is 3.97. The lowest BCUT2D eigenvalue weighted by Crippen LogP contribution is -2.44. The molecule has 0 spiro atoms. The van der Waals surface area contributed by atoms with Crippen molar-refractivity contribution in [3.8, 4) is 11.5 Å². The van der Waals surface area contributed by atoms with Gasteiger partial charge in [-0.1, -0.05) is 6.92 Å². The lowest BCUT2D eigenvalue weighted by Gasteiger charge is -2.50. The van der Waals surface area contributed by atoms with Gasteiger partial charge < -0.3 is 24.1 Å². The second-order valence-corrected chi connectivity index (χ2v) is 8.67. The smallest absolute Gasteiger partial charge is 0.188 e. The van der Waals surface area contributed by atoms with E-state index in [9.17, 15) is 5.11 Å². The molecule has 5 atom stereocenters. The minimum absolute atomic E-state index is 0.154. The predicted molar refractivity (Wildman–Crippen MR) is 102 cm³/mol. The van der Waals surface area contributed by atoms with Crippen LogP contribution in [-0.2, 0) is 20.6 Å². The van der Waals surface area contributed by atoms with Gasteiger partial charge in [0.1, 0.15) is 6.79 Å². The van der Waals surface area contributed by atoms with Crippen LogP contribution in [0.4, 0.5) is 0 Å². The van der Waals surface area contributed by atoms with Crippen LogP contribution in [0, 0.1) is 17.3 Å². The summed E-state index contributed by atoms with van der Waals surface area (Å²) in [5.41, 5.74) is 2.91. The van der Waals surface area contributed by atoms with Crippen LogP contribution in [0.15, 0.2) is 12.1 Å². The first-order valence-corrected chi connectivity index (χ1v) is 10.2. The molecule has 150 valence electrons. The third kappa shape index (κ3) is 3.24. The summed E-state index contributed by atoms with van der Waals surface area (Å²) in [5, 5.41) is 10.4. The number of hydrogen-bond acceptors (Lipinski definition) is 5. The Bertz CT molecular complexity index is 675. The number of benzene rings is 1. The standard InChI is InChI=1S/C22H32O5/c1-22-9-8-15-16(18(22)6-7-21(22)27-13-25-3)5-4-14-10-20(26-12-24-2)19(23)11-17(14)15/h10-11,15-16,18,21,23H,4-9,12-13H2,1-3H3/t15-,16+,18-,21-,22-/m1/s1. The maximum atomic E-state index is 10.4. The fraction of sp³-hybridized carbons (Fsp3) is 0.727. The van der Waals surface area contributed by atoms with Gasteiger partial charge in [0.2, 0.25) is 0 Å². The summed E-state index contributed by atoms with van der Waals surface area (Å²) in [6.45, 7) is 2.97. The maximum absolute atomic E-state index is 10.4. The average Bonchev–Trinajstić information content (AvgIpc) is 3.01. The van der Waals surface area contributed by atoms with Crippen molar-refractivity contribution in [2.45, 2.75) is 57.5 Å². The molecule has 4 rings (SSSR count). The lowest BCUT2D eigenvalue weighted by molar-refractivity contribution is -0.125. The molecule has 0 aliphatic heterocycles. The van der Waals surface area contributed by atoms with Gasteiger partial charge in [0.15, 0.2) is 18.3 Å². The lowest BCUT2D eigenvalue weighted by atomic mass is 9.55. The molecule has 0 aromatic heterocycles. The zero-order valence-corrected chi connectivity index (χ0v) is 16.7. The highest BCUT2D eigenvalue weighted by atomic mass is 16.7. The van der Waals surface area contributed by atoms with E-state index in [1.54, 1.807) is 14.2 Å². The molecule has 2 saturated carbocycles. The Labute approximate surface area is 162 Å². The minimum atomic E-state index is 0.154. The molecular formula is C22H32O5. The van der Waals surface area contributed by atoms with Gasteiger partial charge in [0.25, 0.3) is 0 Å². The number of aromatic hydroxyl groups is 1. The summed E-state index contributed by atoms with van der Waals surface area (Å²) in [6.07, 6.45) is 7.28. The molecule has 1 aromatic rings. The van der Waals surface area contributed by atoms with Gasteiger partial charge in [-0.2, -0.15) is 0 Å². The molecule has 5 heteroatoms. The molecular weight excluding hydrogens is 344 g/mol. The normalized spacial score (nSPS) is 34.6. The predicted octanol–water partition coefficient (Wildman–Crippen LogP) is 4.22. The molecule has 3 aliphatic rings.